The van der Waals surface area contributed by atoms with E-state index in [1.54, 1.807) is 6.20 Å². The summed E-state index contributed by atoms with van der Waals surface area (Å²) in [4.78, 5) is 13.1. The van der Waals surface area contributed by atoms with Crippen LogP contribution in [-0.2, 0) is 6.54 Å². The third-order valence-corrected chi connectivity index (χ3v) is 6.28. The molecule has 4 rings (SSSR count). The summed E-state index contributed by atoms with van der Waals surface area (Å²) < 4.78 is 1.95. The van der Waals surface area contributed by atoms with Crippen LogP contribution in [0.25, 0.3) is 5.69 Å². The van der Waals surface area contributed by atoms with Crippen LogP contribution in [0.4, 0.5) is 0 Å². The highest BCUT2D eigenvalue weighted by molar-refractivity contribution is 6.31. The number of aryl methyl sites for hydroxylation is 2. The van der Waals surface area contributed by atoms with Crippen LogP contribution in [0.1, 0.15) is 51.5 Å². The lowest BCUT2D eigenvalue weighted by Crippen LogP contribution is -2.30. The number of hydrogen-bond donors (Lipinski definition) is 2. The second-order valence-corrected chi connectivity index (χ2v) is 8.33. The highest BCUT2D eigenvalue weighted by Gasteiger charge is 2.27. The first-order valence-corrected chi connectivity index (χ1v) is 10.8. The number of amides is 1. The van der Waals surface area contributed by atoms with Gasteiger partial charge in [-0.25, -0.2) is 4.68 Å². The Labute approximate surface area is 182 Å². The van der Waals surface area contributed by atoms with Crippen LogP contribution in [0.2, 0.25) is 5.02 Å². The maximum absolute atomic E-state index is 13.1. The van der Waals surface area contributed by atoms with E-state index in [1.807, 2.05) is 28.9 Å². The Morgan fingerprint density at radius 3 is 2.67 bits per heavy atom. The predicted molar refractivity (Wildman–Crippen MR) is 121 cm³/mol. The molecular formula is C24H27ClN4O. The van der Waals surface area contributed by atoms with Crippen molar-refractivity contribution in [2.24, 2.45) is 0 Å². The minimum absolute atomic E-state index is 0.112. The molecule has 0 atom stereocenters. The van der Waals surface area contributed by atoms with Crippen molar-refractivity contribution in [1.82, 2.24) is 20.4 Å². The third-order valence-electron chi connectivity index (χ3n) is 5.91. The molecular weight excluding hydrogens is 396 g/mol. The number of hydrogen-bond acceptors (Lipinski definition) is 3. The molecule has 0 saturated carbocycles. The Morgan fingerprint density at radius 1 is 1.17 bits per heavy atom. The number of carbonyl (C=O) groups excluding carboxylic acids is 1. The lowest BCUT2D eigenvalue weighted by Gasteiger charge is -2.25. The van der Waals surface area contributed by atoms with Crippen LogP contribution < -0.4 is 10.6 Å². The standard InChI is InChI=1S/C24H27ClN4O/c1-16-7-8-20(13-17(16)2)29-23(18-9-11-26-12-10-18)21(15-28-29)24(30)27-14-19-5-3-4-6-22(19)25/h3-8,13,15,18,26H,9-12,14H2,1-2H3,(H,27,30). The van der Waals surface area contributed by atoms with Gasteiger partial charge in [-0.15, -0.1) is 0 Å². The Morgan fingerprint density at radius 2 is 1.93 bits per heavy atom. The van der Waals surface area contributed by atoms with Gasteiger partial charge in [-0.3, -0.25) is 4.79 Å². The zero-order valence-electron chi connectivity index (χ0n) is 17.4. The first kappa shape index (κ1) is 20.6. The fourth-order valence-corrected chi connectivity index (χ4v) is 4.20. The molecule has 0 bridgehead atoms. The number of piperidine rings is 1. The predicted octanol–water partition coefficient (Wildman–Crippen LogP) is 4.54. The minimum Gasteiger partial charge on any atom is -0.348 e. The van der Waals surface area contributed by atoms with E-state index < -0.39 is 0 Å². The molecule has 1 fully saturated rings. The Hall–Kier alpha value is -2.63. The van der Waals surface area contributed by atoms with E-state index in [2.05, 4.69) is 47.8 Å². The molecule has 1 aromatic heterocycles. The molecule has 2 aromatic carbocycles. The van der Waals surface area contributed by atoms with Gasteiger partial charge in [0, 0.05) is 17.5 Å². The molecule has 0 spiro atoms. The first-order valence-electron chi connectivity index (χ1n) is 10.4. The fourth-order valence-electron chi connectivity index (χ4n) is 4.00. The molecule has 30 heavy (non-hydrogen) atoms. The van der Waals surface area contributed by atoms with Gasteiger partial charge >= 0.3 is 0 Å². The van der Waals surface area contributed by atoms with E-state index in [0.717, 1.165) is 42.9 Å². The van der Waals surface area contributed by atoms with E-state index in [4.69, 9.17) is 11.6 Å². The maximum atomic E-state index is 13.1. The Kier molecular flexibility index (Phi) is 6.21. The van der Waals surface area contributed by atoms with Gasteiger partial charge in [-0.1, -0.05) is 35.9 Å². The summed E-state index contributed by atoms with van der Waals surface area (Å²) in [6.07, 6.45) is 3.68. The van der Waals surface area contributed by atoms with Crippen molar-refractivity contribution in [3.05, 3.63) is 81.6 Å². The van der Waals surface area contributed by atoms with E-state index in [9.17, 15) is 4.79 Å². The van der Waals surface area contributed by atoms with Crippen molar-refractivity contribution in [3.8, 4) is 5.69 Å². The zero-order chi connectivity index (χ0) is 21.1. The van der Waals surface area contributed by atoms with Crippen LogP contribution in [0, 0.1) is 13.8 Å². The maximum Gasteiger partial charge on any atom is 0.255 e. The van der Waals surface area contributed by atoms with Gasteiger partial charge in [0.25, 0.3) is 5.91 Å². The molecule has 0 unspecified atom stereocenters. The molecule has 1 aliphatic heterocycles. The fraction of sp³-hybridized carbons (Fsp3) is 0.333. The monoisotopic (exact) mass is 422 g/mol. The van der Waals surface area contributed by atoms with Gasteiger partial charge in [0.05, 0.1) is 23.1 Å². The highest BCUT2D eigenvalue weighted by atomic mass is 35.5. The number of nitrogens with one attached hydrogen (secondary N) is 2. The van der Waals surface area contributed by atoms with Crippen LogP contribution in [-0.4, -0.2) is 28.8 Å². The van der Waals surface area contributed by atoms with Crippen molar-refractivity contribution in [2.75, 3.05) is 13.1 Å². The molecule has 2 N–H and O–H groups in total. The Bertz CT molecular complexity index is 1050. The van der Waals surface area contributed by atoms with Crippen molar-refractivity contribution in [2.45, 2.75) is 39.2 Å². The summed E-state index contributed by atoms with van der Waals surface area (Å²) in [6.45, 7) is 6.49. The van der Waals surface area contributed by atoms with Crippen molar-refractivity contribution in [1.29, 1.82) is 0 Å². The number of carbonyl (C=O) groups is 1. The number of benzene rings is 2. The number of halogens is 1. The molecule has 0 aliphatic carbocycles. The molecule has 6 heteroatoms. The van der Waals surface area contributed by atoms with Gasteiger partial charge in [0.1, 0.15) is 0 Å². The van der Waals surface area contributed by atoms with Crippen molar-refractivity contribution >= 4 is 17.5 Å². The van der Waals surface area contributed by atoms with Crippen LogP contribution in [0.5, 0.6) is 0 Å². The van der Waals surface area contributed by atoms with E-state index in [-0.39, 0.29) is 11.8 Å². The summed E-state index contributed by atoms with van der Waals surface area (Å²) in [5, 5.41) is 11.7. The smallest absolute Gasteiger partial charge is 0.255 e. The second-order valence-electron chi connectivity index (χ2n) is 7.92. The van der Waals surface area contributed by atoms with E-state index in [1.165, 1.54) is 11.1 Å². The molecule has 5 nitrogen and oxygen atoms in total. The SMILES string of the molecule is Cc1ccc(-n2ncc(C(=O)NCc3ccccc3Cl)c2C2CCNCC2)cc1C. The lowest BCUT2D eigenvalue weighted by molar-refractivity contribution is 0.0949. The number of nitrogens with zero attached hydrogens (tertiary/aromatic N) is 2. The van der Waals surface area contributed by atoms with Gasteiger partial charge in [-0.05, 0) is 74.7 Å². The summed E-state index contributed by atoms with van der Waals surface area (Å²) in [7, 11) is 0. The van der Waals surface area contributed by atoms with Gasteiger partial charge in [-0.2, -0.15) is 5.10 Å². The van der Waals surface area contributed by atoms with Crippen LogP contribution in [0.3, 0.4) is 0 Å². The van der Waals surface area contributed by atoms with Gasteiger partial charge in [0.2, 0.25) is 0 Å². The zero-order valence-corrected chi connectivity index (χ0v) is 18.2. The van der Waals surface area contributed by atoms with E-state index >= 15 is 0 Å². The normalized spacial score (nSPS) is 14.6. The summed E-state index contributed by atoms with van der Waals surface area (Å²) in [5.41, 5.74) is 5.99. The number of aromatic nitrogens is 2. The summed E-state index contributed by atoms with van der Waals surface area (Å²) in [6, 6.07) is 13.9. The van der Waals surface area contributed by atoms with E-state index in [0.29, 0.717) is 17.1 Å². The highest BCUT2D eigenvalue weighted by Crippen LogP contribution is 2.31. The second kappa shape index (κ2) is 9.02. The minimum atomic E-state index is -0.112. The lowest BCUT2D eigenvalue weighted by atomic mass is 9.91. The van der Waals surface area contributed by atoms with Crippen molar-refractivity contribution < 1.29 is 4.79 Å². The third kappa shape index (κ3) is 4.27. The molecule has 2 heterocycles. The van der Waals surface area contributed by atoms with Crippen LogP contribution >= 0.6 is 11.6 Å². The van der Waals surface area contributed by atoms with Gasteiger partial charge in [0.15, 0.2) is 0 Å². The Balaban J connectivity index is 1.66. The van der Waals surface area contributed by atoms with Gasteiger partial charge < -0.3 is 10.6 Å². The molecule has 1 aliphatic rings. The van der Waals surface area contributed by atoms with Crippen LogP contribution in [0.15, 0.2) is 48.7 Å². The first-order chi connectivity index (χ1) is 14.5. The summed E-state index contributed by atoms with van der Waals surface area (Å²) >= 11 is 6.24. The molecule has 156 valence electrons. The number of rotatable bonds is 5. The largest absolute Gasteiger partial charge is 0.348 e. The molecule has 0 radical (unpaired) electrons. The summed E-state index contributed by atoms with van der Waals surface area (Å²) in [5.74, 6) is 0.176. The quantitative estimate of drug-likeness (QED) is 0.634. The average molecular weight is 423 g/mol. The topological polar surface area (TPSA) is 59.0 Å². The van der Waals surface area contributed by atoms with Crippen molar-refractivity contribution in [3.63, 3.8) is 0 Å². The average Bonchev–Trinajstić information content (AvgIpc) is 3.21. The molecule has 1 saturated heterocycles. The molecule has 1 amide bonds. The molecule has 3 aromatic rings.